The van der Waals surface area contributed by atoms with Crippen LogP contribution in [-0.2, 0) is 0 Å². The van der Waals surface area contributed by atoms with Crippen molar-refractivity contribution in [3.63, 3.8) is 0 Å². The highest BCUT2D eigenvalue weighted by atomic mass is 79.9. The maximum atomic E-state index is 13.1. The summed E-state index contributed by atoms with van der Waals surface area (Å²) < 4.78 is 13.6. The fourth-order valence-electron chi connectivity index (χ4n) is 1.67. The fourth-order valence-corrected chi connectivity index (χ4v) is 2.04. The second kappa shape index (κ2) is 5.92. The molecular weight excluding hydrogens is 343 g/mol. The number of nitrogen functional groups attached to an aromatic ring is 1. The van der Waals surface area contributed by atoms with Crippen molar-refractivity contribution in [2.75, 3.05) is 11.1 Å². The van der Waals surface area contributed by atoms with E-state index in [9.17, 15) is 14.0 Å². The van der Waals surface area contributed by atoms with Crippen LogP contribution >= 0.6 is 15.9 Å². The monoisotopic (exact) mass is 352 g/mol. The van der Waals surface area contributed by atoms with Crippen molar-refractivity contribution in [1.29, 1.82) is 0 Å². The Hall–Kier alpha value is -2.41. The number of nitrogens with two attached hydrogens (primary N) is 1. The largest absolute Gasteiger partial charge is 0.478 e. The van der Waals surface area contributed by atoms with Gasteiger partial charge in [0.25, 0.3) is 5.91 Å². The first-order valence-corrected chi connectivity index (χ1v) is 6.57. The summed E-state index contributed by atoms with van der Waals surface area (Å²) in [6.07, 6.45) is 0. The number of aromatic carboxylic acids is 1. The summed E-state index contributed by atoms with van der Waals surface area (Å²) in [5.41, 5.74) is 6.08. The van der Waals surface area contributed by atoms with Crippen LogP contribution in [-0.4, -0.2) is 17.0 Å². The molecule has 108 valence electrons. The van der Waals surface area contributed by atoms with E-state index in [2.05, 4.69) is 21.2 Å². The van der Waals surface area contributed by atoms with Gasteiger partial charge in [0.05, 0.1) is 11.3 Å². The molecule has 0 aliphatic carbocycles. The van der Waals surface area contributed by atoms with Crippen LogP contribution in [0.2, 0.25) is 0 Å². The maximum absolute atomic E-state index is 13.1. The van der Waals surface area contributed by atoms with E-state index in [-0.39, 0.29) is 16.8 Å². The third-order valence-electron chi connectivity index (χ3n) is 2.72. The molecular formula is C14H10BrFN2O3. The molecule has 0 heterocycles. The van der Waals surface area contributed by atoms with Gasteiger partial charge in [0.15, 0.2) is 0 Å². The number of carbonyl (C=O) groups is 2. The minimum atomic E-state index is -1.33. The molecule has 2 aromatic carbocycles. The summed E-state index contributed by atoms with van der Waals surface area (Å²) in [6, 6.07) is 7.66. The number of carboxylic acids is 1. The highest BCUT2D eigenvalue weighted by Crippen LogP contribution is 2.22. The quantitative estimate of drug-likeness (QED) is 0.740. The number of halogens is 2. The molecule has 5 nitrogen and oxygen atoms in total. The molecule has 4 N–H and O–H groups in total. The van der Waals surface area contributed by atoms with Gasteiger partial charge in [-0.2, -0.15) is 0 Å². The summed E-state index contributed by atoms with van der Waals surface area (Å²) in [6.45, 7) is 0. The molecule has 0 atom stereocenters. The lowest BCUT2D eigenvalue weighted by molar-refractivity contribution is 0.0697. The summed E-state index contributed by atoms with van der Waals surface area (Å²) in [4.78, 5) is 23.1. The number of hydrogen-bond donors (Lipinski definition) is 3. The molecule has 0 radical (unpaired) electrons. The number of rotatable bonds is 3. The summed E-state index contributed by atoms with van der Waals surface area (Å²) in [7, 11) is 0. The highest BCUT2D eigenvalue weighted by molar-refractivity contribution is 9.10. The lowest BCUT2D eigenvalue weighted by Gasteiger charge is -2.09. The Bertz CT molecular complexity index is 734. The molecule has 0 fully saturated rings. The first-order chi connectivity index (χ1) is 9.88. The van der Waals surface area contributed by atoms with Gasteiger partial charge in [-0.15, -0.1) is 0 Å². The highest BCUT2D eigenvalue weighted by Gasteiger charge is 2.15. The van der Waals surface area contributed by atoms with Gasteiger partial charge in [0.2, 0.25) is 0 Å². The second-order valence-electron chi connectivity index (χ2n) is 4.19. The summed E-state index contributed by atoms with van der Waals surface area (Å²) in [5, 5.41) is 11.4. The molecule has 1 amide bonds. The van der Waals surface area contributed by atoms with Gasteiger partial charge in [0, 0.05) is 15.7 Å². The van der Waals surface area contributed by atoms with Crippen LogP contribution < -0.4 is 11.1 Å². The average Bonchev–Trinajstić information content (AvgIpc) is 2.43. The van der Waals surface area contributed by atoms with Gasteiger partial charge in [0.1, 0.15) is 5.82 Å². The standard InChI is InChI=1S/C14H10BrFN2O3/c15-10-5-7(1-3-11(10)17)13(19)18-12-4-2-8(16)6-9(12)14(20)21/h1-6H,17H2,(H,18,19)(H,20,21). The molecule has 0 unspecified atom stereocenters. The van der Waals surface area contributed by atoms with Gasteiger partial charge in [-0.25, -0.2) is 9.18 Å². The van der Waals surface area contributed by atoms with Crippen LogP contribution in [0.25, 0.3) is 0 Å². The molecule has 2 rings (SSSR count). The molecule has 7 heteroatoms. The minimum absolute atomic E-state index is 0.0156. The van der Waals surface area contributed by atoms with E-state index in [0.717, 1.165) is 12.1 Å². The van der Waals surface area contributed by atoms with Crippen LogP contribution in [0, 0.1) is 5.82 Å². The van der Waals surface area contributed by atoms with Crippen LogP contribution in [0.5, 0.6) is 0 Å². The second-order valence-corrected chi connectivity index (χ2v) is 5.04. The van der Waals surface area contributed by atoms with E-state index in [4.69, 9.17) is 10.8 Å². The average molecular weight is 353 g/mol. The van der Waals surface area contributed by atoms with Gasteiger partial charge >= 0.3 is 5.97 Å². The number of anilines is 2. The van der Waals surface area contributed by atoms with Crippen molar-refractivity contribution in [3.8, 4) is 0 Å². The van der Waals surface area contributed by atoms with E-state index in [1.54, 1.807) is 6.07 Å². The molecule has 0 aromatic heterocycles. The van der Waals surface area contributed by atoms with Crippen molar-refractivity contribution >= 4 is 39.2 Å². The number of hydrogen-bond acceptors (Lipinski definition) is 3. The van der Waals surface area contributed by atoms with E-state index >= 15 is 0 Å². The molecule has 2 aromatic rings. The Morgan fingerprint density at radius 3 is 2.52 bits per heavy atom. The van der Waals surface area contributed by atoms with Gasteiger partial charge in [-0.1, -0.05) is 0 Å². The van der Waals surface area contributed by atoms with Crippen LogP contribution in [0.15, 0.2) is 40.9 Å². The van der Waals surface area contributed by atoms with Crippen molar-refractivity contribution in [2.45, 2.75) is 0 Å². The van der Waals surface area contributed by atoms with Crippen molar-refractivity contribution in [3.05, 3.63) is 57.8 Å². The van der Waals surface area contributed by atoms with E-state index < -0.39 is 17.7 Å². The zero-order valence-electron chi connectivity index (χ0n) is 10.6. The molecule has 21 heavy (non-hydrogen) atoms. The zero-order chi connectivity index (χ0) is 15.6. The van der Waals surface area contributed by atoms with Crippen molar-refractivity contribution in [1.82, 2.24) is 0 Å². The van der Waals surface area contributed by atoms with E-state index in [1.807, 2.05) is 0 Å². The van der Waals surface area contributed by atoms with Gasteiger partial charge in [-0.05, 0) is 52.3 Å². The number of carbonyl (C=O) groups excluding carboxylic acids is 1. The number of nitrogens with one attached hydrogen (secondary N) is 1. The predicted molar refractivity (Wildman–Crippen MR) is 79.9 cm³/mol. The van der Waals surface area contributed by atoms with Gasteiger partial charge in [-0.3, -0.25) is 4.79 Å². The molecule has 0 spiro atoms. The number of amides is 1. The first kappa shape index (κ1) is 15.0. The van der Waals surface area contributed by atoms with E-state index in [0.29, 0.717) is 10.2 Å². The Labute approximate surface area is 127 Å². The van der Waals surface area contributed by atoms with Crippen molar-refractivity contribution < 1.29 is 19.1 Å². The molecule has 0 aliphatic rings. The van der Waals surface area contributed by atoms with Crippen LogP contribution in [0.3, 0.4) is 0 Å². The summed E-state index contributed by atoms with van der Waals surface area (Å²) >= 11 is 3.20. The topological polar surface area (TPSA) is 92.4 Å². The number of benzene rings is 2. The van der Waals surface area contributed by atoms with Crippen LogP contribution in [0.4, 0.5) is 15.8 Å². The zero-order valence-corrected chi connectivity index (χ0v) is 12.1. The Balaban J connectivity index is 2.31. The van der Waals surface area contributed by atoms with Gasteiger partial charge < -0.3 is 16.2 Å². The lowest BCUT2D eigenvalue weighted by atomic mass is 10.1. The summed E-state index contributed by atoms with van der Waals surface area (Å²) in [5.74, 6) is -2.55. The molecule has 0 bridgehead atoms. The predicted octanol–water partition coefficient (Wildman–Crippen LogP) is 3.12. The SMILES string of the molecule is Nc1ccc(C(=O)Nc2ccc(F)cc2C(=O)O)cc1Br. The third-order valence-corrected chi connectivity index (χ3v) is 3.41. The molecule has 0 saturated carbocycles. The first-order valence-electron chi connectivity index (χ1n) is 5.77. The Morgan fingerprint density at radius 2 is 1.90 bits per heavy atom. The maximum Gasteiger partial charge on any atom is 0.337 e. The molecule has 0 saturated heterocycles. The Morgan fingerprint density at radius 1 is 1.19 bits per heavy atom. The third kappa shape index (κ3) is 3.38. The Kier molecular flexibility index (Phi) is 4.23. The van der Waals surface area contributed by atoms with Crippen LogP contribution in [0.1, 0.15) is 20.7 Å². The number of carboxylic acid groups (broad SMARTS) is 1. The molecule has 0 aliphatic heterocycles. The minimum Gasteiger partial charge on any atom is -0.478 e. The van der Waals surface area contributed by atoms with E-state index in [1.165, 1.54) is 18.2 Å². The smallest absolute Gasteiger partial charge is 0.337 e. The van der Waals surface area contributed by atoms with Crippen molar-refractivity contribution in [2.24, 2.45) is 0 Å². The lowest BCUT2D eigenvalue weighted by Crippen LogP contribution is -2.15. The normalized spacial score (nSPS) is 10.2. The fraction of sp³-hybridized carbons (Fsp3) is 0.